The van der Waals surface area contributed by atoms with E-state index >= 15 is 0 Å². The summed E-state index contributed by atoms with van der Waals surface area (Å²) in [6.07, 6.45) is 10.2. The molecule has 2 saturated carbocycles. The molecule has 0 aromatic rings. The molecule has 0 N–H and O–H groups in total. The number of ether oxygens (including phenoxy) is 1. The van der Waals surface area contributed by atoms with Crippen LogP contribution >= 0.6 is 0 Å². The van der Waals surface area contributed by atoms with Gasteiger partial charge in [-0.3, -0.25) is 0 Å². The summed E-state index contributed by atoms with van der Waals surface area (Å²) < 4.78 is 5.05. The van der Waals surface area contributed by atoms with E-state index < -0.39 is 0 Å². The number of allylic oxidation sites excluding steroid dienone is 1. The molecule has 0 bridgehead atoms. The topological polar surface area (TPSA) is 51.0 Å². The van der Waals surface area contributed by atoms with Crippen molar-refractivity contribution in [2.45, 2.75) is 52.4 Å². The molecule has 4 aliphatic rings. The van der Waals surface area contributed by atoms with Gasteiger partial charge in [0.25, 0.3) is 0 Å². The highest BCUT2D eigenvalue weighted by Crippen LogP contribution is 2.61. The minimum atomic E-state index is -0.133. The third kappa shape index (κ3) is 2.15. The first-order valence-electron chi connectivity index (χ1n) is 9.10. The minimum absolute atomic E-state index is 0.0114. The van der Waals surface area contributed by atoms with Gasteiger partial charge in [0.05, 0.1) is 5.71 Å². The lowest BCUT2D eigenvalue weighted by molar-refractivity contribution is -0.136. The number of carbonyl (C=O) groups excluding carboxylic acids is 1. The molecule has 0 aromatic heterocycles. The van der Waals surface area contributed by atoms with Crippen LogP contribution in [0.15, 0.2) is 34.0 Å². The fourth-order valence-electron chi connectivity index (χ4n) is 5.71. The van der Waals surface area contributed by atoms with Crippen LogP contribution in [0, 0.1) is 22.7 Å². The van der Waals surface area contributed by atoms with Gasteiger partial charge >= 0.3 is 5.97 Å². The van der Waals surface area contributed by atoms with Crippen LogP contribution in [0.25, 0.3) is 0 Å². The van der Waals surface area contributed by atoms with E-state index in [0.29, 0.717) is 18.4 Å². The fraction of sp³-hybridized carbons (Fsp3) is 0.650. The maximum absolute atomic E-state index is 11.7. The average Bonchev–Trinajstić information content (AvgIpc) is 3.11. The maximum atomic E-state index is 11.7. The summed E-state index contributed by atoms with van der Waals surface area (Å²) in [6, 6.07) is 0. The molecule has 0 aromatic carbocycles. The average molecular weight is 326 g/mol. The Labute approximate surface area is 143 Å². The molecule has 2 aliphatic heterocycles. The van der Waals surface area contributed by atoms with Crippen LogP contribution < -0.4 is 0 Å². The van der Waals surface area contributed by atoms with E-state index in [1.165, 1.54) is 11.3 Å². The Morgan fingerprint density at radius 2 is 2.21 bits per heavy atom. The van der Waals surface area contributed by atoms with Gasteiger partial charge in [0.2, 0.25) is 0 Å². The third-order valence-electron chi connectivity index (χ3n) is 7.10. The Morgan fingerprint density at radius 1 is 1.38 bits per heavy atom. The van der Waals surface area contributed by atoms with Crippen LogP contribution in [0.3, 0.4) is 0 Å². The van der Waals surface area contributed by atoms with E-state index in [4.69, 9.17) is 4.74 Å². The van der Waals surface area contributed by atoms with Gasteiger partial charge in [0, 0.05) is 17.2 Å². The molecule has 4 heteroatoms. The van der Waals surface area contributed by atoms with Crippen LogP contribution in [-0.2, 0) is 9.53 Å². The molecule has 24 heavy (non-hydrogen) atoms. The SMILES string of the molecule is C=C1CCC2C3(C)C=NN=C3CC[C@@]2(C)[C@@H]1CCC1=CCOC1=O. The summed E-state index contributed by atoms with van der Waals surface area (Å²) in [5, 5.41) is 8.66. The van der Waals surface area contributed by atoms with Gasteiger partial charge in [-0.2, -0.15) is 10.2 Å². The molecule has 4 rings (SSSR count). The lowest BCUT2D eigenvalue weighted by Crippen LogP contribution is -2.54. The molecule has 2 heterocycles. The van der Waals surface area contributed by atoms with Gasteiger partial charge in [-0.15, -0.1) is 0 Å². The highest BCUT2D eigenvalue weighted by Gasteiger charge is 2.57. The van der Waals surface area contributed by atoms with Crippen molar-refractivity contribution in [2.24, 2.45) is 32.9 Å². The second kappa shape index (κ2) is 5.40. The molecule has 2 unspecified atom stereocenters. The number of cyclic esters (lactones) is 1. The zero-order valence-corrected chi connectivity index (χ0v) is 14.7. The number of hydrogen-bond donors (Lipinski definition) is 0. The number of nitrogens with zero attached hydrogens (tertiary/aromatic N) is 2. The van der Waals surface area contributed by atoms with Crippen molar-refractivity contribution in [1.29, 1.82) is 0 Å². The van der Waals surface area contributed by atoms with Crippen LogP contribution in [0.5, 0.6) is 0 Å². The largest absolute Gasteiger partial charge is 0.458 e. The number of carbonyl (C=O) groups is 1. The Kier molecular flexibility index (Phi) is 3.55. The van der Waals surface area contributed by atoms with Crippen molar-refractivity contribution in [3.05, 3.63) is 23.8 Å². The van der Waals surface area contributed by atoms with Crippen LogP contribution in [0.1, 0.15) is 52.4 Å². The van der Waals surface area contributed by atoms with Gasteiger partial charge in [-0.25, -0.2) is 4.79 Å². The van der Waals surface area contributed by atoms with Gasteiger partial charge in [0.15, 0.2) is 0 Å². The standard InChI is InChI=1S/C20H26N2O2/c1-13-4-7-16-19(2,10-8-17-20(16,3)12-21-22-17)15(13)6-5-14-9-11-24-18(14)23/h9,12,15-16H,1,4-8,10-11H2,2-3H3/t15-,16?,19+,20?/m1/s1. The second-order valence-corrected chi connectivity index (χ2v) is 8.25. The Balaban J connectivity index is 1.59. The number of hydrogen-bond acceptors (Lipinski definition) is 4. The summed E-state index contributed by atoms with van der Waals surface area (Å²) in [5.74, 6) is 0.882. The smallest absolute Gasteiger partial charge is 0.334 e. The van der Waals surface area contributed by atoms with Gasteiger partial charge in [0.1, 0.15) is 6.61 Å². The van der Waals surface area contributed by atoms with Crippen molar-refractivity contribution in [3.8, 4) is 0 Å². The van der Waals surface area contributed by atoms with E-state index in [2.05, 4.69) is 36.8 Å². The van der Waals surface area contributed by atoms with Crippen molar-refractivity contribution >= 4 is 17.9 Å². The van der Waals surface area contributed by atoms with Crippen molar-refractivity contribution in [3.63, 3.8) is 0 Å². The van der Waals surface area contributed by atoms with Gasteiger partial charge < -0.3 is 4.74 Å². The maximum Gasteiger partial charge on any atom is 0.334 e. The zero-order chi connectivity index (χ0) is 16.9. The normalized spacial score (nSPS) is 40.8. The lowest BCUT2D eigenvalue weighted by Gasteiger charge is -2.57. The van der Waals surface area contributed by atoms with E-state index in [9.17, 15) is 4.79 Å². The fourth-order valence-corrected chi connectivity index (χ4v) is 5.71. The Morgan fingerprint density at radius 3 is 2.96 bits per heavy atom. The van der Waals surface area contributed by atoms with Crippen LogP contribution in [0.2, 0.25) is 0 Å². The number of fused-ring (bicyclic) bond motifs is 3. The lowest BCUT2D eigenvalue weighted by atomic mass is 9.46. The Hall–Kier alpha value is -1.71. The monoisotopic (exact) mass is 326 g/mol. The molecule has 0 spiro atoms. The van der Waals surface area contributed by atoms with Gasteiger partial charge in [-0.1, -0.05) is 19.1 Å². The first kappa shape index (κ1) is 15.8. The molecule has 0 radical (unpaired) electrons. The molecule has 2 fully saturated rings. The van der Waals surface area contributed by atoms with Crippen molar-refractivity contribution < 1.29 is 9.53 Å². The summed E-state index contributed by atoms with van der Waals surface area (Å²) in [5.41, 5.74) is 3.69. The molecule has 2 aliphatic carbocycles. The van der Waals surface area contributed by atoms with E-state index in [-0.39, 0.29) is 16.8 Å². The summed E-state index contributed by atoms with van der Waals surface area (Å²) in [6.45, 7) is 9.59. The Bertz CT molecular complexity index is 690. The molecule has 0 saturated heterocycles. The highest BCUT2D eigenvalue weighted by molar-refractivity contribution is 6.06. The molecule has 128 valence electrons. The van der Waals surface area contributed by atoms with E-state index in [1.54, 1.807) is 0 Å². The summed E-state index contributed by atoms with van der Waals surface area (Å²) in [4.78, 5) is 11.7. The van der Waals surface area contributed by atoms with E-state index in [1.807, 2.05) is 6.08 Å². The predicted molar refractivity (Wildman–Crippen MR) is 95.0 cm³/mol. The molecule has 4 atom stereocenters. The van der Waals surface area contributed by atoms with E-state index in [0.717, 1.165) is 44.1 Å². The predicted octanol–water partition coefficient (Wildman–Crippen LogP) is 4.08. The third-order valence-corrected chi connectivity index (χ3v) is 7.10. The summed E-state index contributed by atoms with van der Waals surface area (Å²) in [7, 11) is 0. The van der Waals surface area contributed by atoms with Crippen LogP contribution in [-0.4, -0.2) is 24.5 Å². The number of esters is 1. The zero-order valence-electron chi connectivity index (χ0n) is 14.7. The minimum Gasteiger partial charge on any atom is -0.458 e. The summed E-state index contributed by atoms with van der Waals surface area (Å²) >= 11 is 0. The van der Waals surface area contributed by atoms with Crippen LogP contribution in [0.4, 0.5) is 0 Å². The first-order chi connectivity index (χ1) is 11.4. The van der Waals surface area contributed by atoms with Crippen molar-refractivity contribution in [2.75, 3.05) is 6.61 Å². The van der Waals surface area contributed by atoms with Gasteiger partial charge in [-0.05, 0) is 68.8 Å². The highest BCUT2D eigenvalue weighted by atomic mass is 16.5. The second-order valence-electron chi connectivity index (χ2n) is 8.25. The first-order valence-corrected chi connectivity index (χ1v) is 9.10. The quantitative estimate of drug-likeness (QED) is 0.579. The van der Waals surface area contributed by atoms with Crippen molar-refractivity contribution in [1.82, 2.24) is 0 Å². The molecular weight excluding hydrogens is 300 g/mol. The molecular formula is C20H26N2O2. The molecule has 4 nitrogen and oxygen atoms in total. The molecule has 0 amide bonds. The number of rotatable bonds is 3.